The summed E-state index contributed by atoms with van der Waals surface area (Å²) in [5.74, 6) is 1.04. The van der Waals surface area contributed by atoms with Crippen LogP contribution in [0.15, 0.2) is 18.2 Å². The van der Waals surface area contributed by atoms with Gasteiger partial charge in [-0.05, 0) is 37.5 Å². The fraction of sp³-hybridized carbons (Fsp3) is 0.562. The number of amides is 1. The number of rotatable bonds is 3. The highest BCUT2D eigenvalue weighted by Crippen LogP contribution is 2.35. The Morgan fingerprint density at radius 1 is 1.38 bits per heavy atom. The van der Waals surface area contributed by atoms with Crippen LogP contribution in [0.25, 0.3) is 0 Å². The molecule has 1 atom stereocenters. The molecule has 0 saturated carbocycles. The van der Waals surface area contributed by atoms with Gasteiger partial charge in [0.05, 0.1) is 18.8 Å². The Morgan fingerprint density at radius 2 is 2.14 bits per heavy atom. The zero-order chi connectivity index (χ0) is 14.8. The van der Waals surface area contributed by atoms with Crippen molar-refractivity contribution in [2.75, 3.05) is 36.8 Å². The molecule has 1 amide bonds. The number of likely N-dealkylation sites (tertiary alicyclic amines) is 1. The molecule has 2 N–H and O–H groups in total. The molecule has 2 aliphatic heterocycles. The normalized spacial score (nSPS) is 21.1. The van der Waals surface area contributed by atoms with Crippen LogP contribution in [-0.4, -0.2) is 43.1 Å². The molecule has 1 fully saturated rings. The van der Waals surface area contributed by atoms with Crippen LogP contribution < -0.4 is 15.4 Å². The van der Waals surface area contributed by atoms with E-state index in [-0.39, 0.29) is 12.0 Å². The highest BCUT2D eigenvalue weighted by molar-refractivity contribution is 5.83. The topological polar surface area (TPSA) is 58.8 Å². The highest BCUT2D eigenvalue weighted by atomic mass is 16.5. The first-order valence-corrected chi connectivity index (χ1v) is 7.76. The van der Waals surface area contributed by atoms with E-state index in [1.165, 1.54) is 0 Å². The minimum atomic E-state index is 0.132. The minimum Gasteiger partial charge on any atom is -0.486 e. The van der Waals surface area contributed by atoms with Crippen molar-refractivity contribution < 1.29 is 9.53 Å². The molecule has 1 saturated heterocycles. The van der Waals surface area contributed by atoms with E-state index in [0.717, 1.165) is 50.3 Å². The number of ether oxygens (including phenoxy) is 1. The molecule has 2 heterocycles. The molecule has 0 radical (unpaired) electrons. The first-order chi connectivity index (χ1) is 10.2. The maximum Gasteiger partial charge on any atom is 0.242 e. The summed E-state index contributed by atoms with van der Waals surface area (Å²) in [6.07, 6.45) is 3.30. The number of nitrogens with zero attached hydrogens (tertiary/aromatic N) is 2. The monoisotopic (exact) mass is 289 g/mol. The van der Waals surface area contributed by atoms with Gasteiger partial charge in [0.25, 0.3) is 0 Å². The van der Waals surface area contributed by atoms with Crippen molar-refractivity contribution >= 4 is 17.3 Å². The lowest BCUT2D eigenvalue weighted by Crippen LogP contribution is -2.45. The number of benzene rings is 1. The number of anilines is 2. The van der Waals surface area contributed by atoms with Gasteiger partial charge in [0.15, 0.2) is 0 Å². The Labute approximate surface area is 125 Å². The fourth-order valence-electron chi connectivity index (χ4n) is 3.03. The quantitative estimate of drug-likeness (QED) is 0.863. The molecule has 3 rings (SSSR count). The van der Waals surface area contributed by atoms with Gasteiger partial charge in [0.2, 0.25) is 5.91 Å². The van der Waals surface area contributed by atoms with Crippen LogP contribution in [0, 0.1) is 0 Å². The van der Waals surface area contributed by atoms with Crippen molar-refractivity contribution in [1.82, 2.24) is 4.90 Å². The average molecular weight is 289 g/mol. The lowest BCUT2D eigenvalue weighted by Gasteiger charge is -2.36. The molecule has 1 aromatic carbocycles. The van der Waals surface area contributed by atoms with Gasteiger partial charge in [0.1, 0.15) is 11.9 Å². The fourth-order valence-corrected chi connectivity index (χ4v) is 3.03. The molecule has 21 heavy (non-hydrogen) atoms. The maximum atomic E-state index is 12.4. The van der Waals surface area contributed by atoms with Crippen molar-refractivity contribution in [3.8, 4) is 5.75 Å². The van der Waals surface area contributed by atoms with Crippen molar-refractivity contribution in [3.05, 3.63) is 18.2 Å². The zero-order valence-corrected chi connectivity index (χ0v) is 12.5. The summed E-state index contributed by atoms with van der Waals surface area (Å²) in [5, 5.41) is 0. The van der Waals surface area contributed by atoms with Gasteiger partial charge in [-0.1, -0.05) is 6.92 Å². The summed E-state index contributed by atoms with van der Waals surface area (Å²) in [5.41, 5.74) is 7.52. The van der Waals surface area contributed by atoms with E-state index in [2.05, 4.69) is 11.8 Å². The number of nitrogens with two attached hydrogens (primary N) is 1. The zero-order valence-electron chi connectivity index (χ0n) is 12.5. The van der Waals surface area contributed by atoms with Crippen molar-refractivity contribution in [2.45, 2.75) is 32.3 Å². The van der Waals surface area contributed by atoms with E-state index < -0.39 is 0 Å². The Kier molecular flexibility index (Phi) is 3.90. The third kappa shape index (κ3) is 2.91. The van der Waals surface area contributed by atoms with Crippen LogP contribution in [-0.2, 0) is 4.79 Å². The Bertz CT molecular complexity index is 526. The second kappa shape index (κ2) is 5.84. The second-order valence-electron chi connectivity index (χ2n) is 5.84. The van der Waals surface area contributed by atoms with E-state index in [1.807, 2.05) is 23.1 Å². The molecule has 2 aliphatic rings. The van der Waals surface area contributed by atoms with Crippen LogP contribution in [0.3, 0.4) is 0 Å². The molecular weight excluding hydrogens is 266 g/mol. The van der Waals surface area contributed by atoms with Crippen LogP contribution >= 0.6 is 0 Å². The standard InChI is InChI=1S/C16H23N3O2/c1-2-13-10-19(11-16(20)18-7-3-4-8-18)14-9-12(17)5-6-15(14)21-13/h5-6,9,13H,2-4,7-8,10-11,17H2,1H3. The SMILES string of the molecule is CCC1CN(CC(=O)N2CCCC2)c2cc(N)ccc2O1. The predicted molar refractivity (Wildman–Crippen MR) is 83.6 cm³/mol. The van der Waals surface area contributed by atoms with Gasteiger partial charge in [-0.2, -0.15) is 0 Å². The van der Waals surface area contributed by atoms with Gasteiger partial charge in [-0.25, -0.2) is 0 Å². The summed E-state index contributed by atoms with van der Waals surface area (Å²) in [7, 11) is 0. The van der Waals surface area contributed by atoms with E-state index in [4.69, 9.17) is 10.5 Å². The lowest BCUT2D eigenvalue weighted by molar-refractivity contribution is -0.128. The van der Waals surface area contributed by atoms with Gasteiger partial charge in [0, 0.05) is 18.8 Å². The molecular formula is C16H23N3O2. The Balaban J connectivity index is 1.80. The Morgan fingerprint density at radius 3 is 2.86 bits per heavy atom. The number of carbonyl (C=O) groups excluding carboxylic acids is 1. The first kappa shape index (κ1) is 14.0. The largest absolute Gasteiger partial charge is 0.486 e. The lowest BCUT2D eigenvalue weighted by atomic mass is 10.1. The highest BCUT2D eigenvalue weighted by Gasteiger charge is 2.28. The third-order valence-electron chi connectivity index (χ3n) is 4.28. The molecule has 5 nitrogen and oxygen atoms in total. The van der Waals surface area contributed by atoms with Crippen LogP contribution in [0.5, 0.6) is 5.75 Å². The molecule has 5 heteroatoms. The van der Waals surface area contributed by atoms with E-state index >= 15 is 0 Å². The molecule has 114 valence electrons. The van der Waals surface area contributed by atoms with Gasteiger partial charge >= 0.3 is 0 Å². The second-order valence-corrected chi connectivity index (χ2v) is 5.84. The van der Waals surface area contributed by atoms with Crippen LogP contribution in [0.1, 0.15) is 26.2 Å². The molecule has 1 unspecified atom stereocenters. The number of hydrogen-bond acceptors (Lipinski definition) is 4. The molecule has 1 aromatic rings. The van der Waals surface area contributed by atoms with E-state index in [1.54, 1.807) is 0 Å². The van der Waals surface area contributed by atoms with Crippen molar-refractivity contribution in [2.24, 2.45) is 0 Å². The smallest absolute Gasteiger partial charge is 0.242 e. The van der Waals surface area contributed by atoms with Gasteiger partial charge < -0.3 is 20.3 Å². The van der Waals surface area contributed by atoms with Gasteiger partial charge in [-0.15, -0.1) is 0 Å². The molecule has 0 spiro atoms. The summed E-state index contributed by atoms with van der Waals surface area (Å²) in [6.45, 7) is 5.05. The summed E-state index contributed by atoms with van der Waals surface area (Å²) in [6, 6.07) is 5.65. The van der Waals surface area contributed by atoms with E-state index in [0.29, 0.717) is 12.2 Å². The van der Waals surface area contributed by atoms with Crippen LogP contribution in [0.4, 0.5) is 11.4 Å². The molecule has 0 aromatic heterocycles. The first-order valence-electron chi connectivity index (χ1n) is 7.76. The number of hydrogen-bond donors (Lipinski definition) is 1. The minimum absolute atomic E-state index is 0.132. The van der Waals surface area contributed by atoms with Crippen LogP contribution in [0.2, 0.25) is 0 Å². The molecule has 0 bridgehead atoms. The predicted octanol–water partition coefficient (Wildman–Crippen LogP) is 1.87. The average Bonchev–Trinajstić information content (AvgIpc) is 3.01. The maximum absolute atomic E-state index is 12.4. The molecule has 0 aliphatic carbocycles. The van der Waals surface area contributed by atoms with E-state index in [9.17, 15) is 4.79 Å². The number of carbonyl (C=O) groups is 1. The third-order valence-corrected chi connectivity index (χ3v) is 4.28. The number of fused-ring (bicyclic) bond motifs is 1. The summed E-state index contributed by atoms with van der Waals surface area (Å²) >= 11 is 0. The summed E-state index contributed by atoms with van der Waals surface area (Å²) in [4.78, 5) is 16.5. The number of nitrogen functional groups attached to an aromatic ring is 1. The van der Waals surface area contributed by atoms with Crippen molar-refractivity contribution in [1.29, 1.82) is 0 Å². The summed E-state index contributed by atoms with van der Waals surface area (Å²) < 4.78 is 5.95. The Hall–Kier alpha value is -1.91. The van der Waals surface area contributed by atoms with Gasteiger partial charge in [-0.3, -0.25) is 4.79 Å². The van der Waals surface area contributed by atoms with Crippen molar-refractivity contribution in [3.63, 3.8) is 0 Å².